The molecule has 2 atom stereocenters. The summed E-state index contributed by atoms with van der Waals surface area (Å²) in [4.78, 5) is 0. The number of nitrogens with one attached hydrogen (secondary N) is 1. The van der Waals surface area contributed by atoms with Crippen molar-refractivity contribution in [3.05, 3.63) is 15.9 Å². The lowest BCUT2D eigenvalue weighted by Crippen LogP contribution is -2.43. The van der Waals surface area contributed by atoms with Gasteiger partial charge in [-0.15, -0.1) is 0 Å². The van der Waals surface area contributed by atoms with Gasteiger partial charge in [0, 0.05) is 42.0 Å². The topological polar surface area (TPSA) is 29.9 Å². The van der Waals surface area contributed by atoms with Crippen molar-refractivity contribution in [2.45, 2.75) is 31.6 Å². The average molecular weight is 364 g/mol. The van der Waals surface area contributed by atoms with Crippen LogP contribution in [-0.2, 0) is 13.5 Å². The lowest BCUT2D eigenvalue weighted by atomic mass is 10.1. The summed E-state index contributed by atoms with van der Waals surface area (Å²) in [5.74, 6) is 3.84. The van der Waals surface area contributed by atoms with Gasteiger partial charge in [0.05, 0.1) is 15.9 Å². The maximum absolute atomic E-state index is 4.50. The zero-order valence-electron chi connectivity index (χ0n) is 11.8. The second-order valence-corrected chi connectivity index (χ2v) is 8.11. The second-order valence-electron chi connectivity index (χ2n) is 4.82. The van der Waals surface area contributed by atoms with E-state index in [0.717, 1.165) is 18.7 Å². The SMILES string of the molecule is CCNC(Cc1c(Br)c(C)nn1C)C1CSCCS1. The van der Waals surface area contributed by atoms with Crippen LogP contribution in [-0.4, -0.2) is 44.9 Å². The molecule has 2 rings (SSSR count). The van der Waals surface area contributed by atoms with E-state index in [9.17, 15) is 0 Å². The van der Waals surface area contributed by atoms with E-state index in [1.54, 1.807) is 0 Å². The fourth-order valence-electron chi connectivity index (χ4n) is 2.45. The van der Waals surface area contributed by atoms with E-state index in [4.69, 9.17) is 0 Å². The molecule has 0 saturated carbocycles. The molecule has 6 heteroatoms. The Bertz CT molecular complexity index is 416. The number of nitrogens with zero attached hydrogens (tertiary/aromatic N) is 2. The van der Waals surface area contributed by atoms with Crippen molar-refractivity contribution in [3.8, 4) is 0 Å². The van der Waals surface area contributed by atoms with Crippen LogP contribution in [0.3, 0.4) is 0 Å². The van der Waals surface area contributed by atoms with Gasteiger partial charge in [-0.05, 0) is 29.4 Å². The highest BCUT2D eigenvalue weighted by atomic mass is 79.9. The Morgan fingerprint density at radius 1 is 1.53 bits per heavy atom. The van der Waals surface area contributed by atoms with Crippen LogP contribution in [0.25, 0.3) is 0 Å². The third-order valence-electron chi connectivity index (χ3n) is 3.43. The predicted octanol–water partition coefficient (Wildman–Crippen LogP) is 2.86. The summed E-state index contributed by atoms with van der Waals surface area (Å²) in [6, 6.07) is 0.536. The quantitative estimate of drug-likeness (QED) is 0.870. The van der Waals surface area contributed by atoms with Gasteiger partial charge in [-0.2, -0.15) is 28.6 Å². The number of thioether (sulfide) groups is 2. The van der Waals surface area contributed by atoms with Gasteiger partial charge in [0.15, 0.2) is 0 Å². The molecule has 3 nitrogen and oxygen atoms in total. The van der Waals surface area contributed by atoms with Gasteiger partial charge in [0.1, 0.15) is 0 Å². The van der Waals surface area contributed by atoms with Crippen molar-refractivity contribution < 1.29 is 0 Å². The molecule has 1 aromatic rings. The minimum absolute atomic E-state index is 0.536. The molecule has 1 fully saturated rings. The van der Waals surface area contributed by atoms with Crippen LogP contribution in [0.5, 0.6) is 0 Å². The molecule has 1 aliphatic rings. The molecule has 0 bridgehead atoms. The largest absolute Gasteiger partial charge is 0.313 e. The summed E-state index contributed by atoms with van der Waals surface area (Å²) in [6.07, 6.45) is 1.05. The number of hydrogen-bond acceptors (Lipinski definition) is 4. The van der Waals surface area contributed by atoms with Crippen molar-refractivity contribution in [3.63, 3.8) is 0 Å². The molecule has 1 aliphatic heterocycles. The van der Waals surface area contributed by atoms with Crippen molar-refractivity contribution in [1.29, 1.82) is 0 Å². The molecule has 0 amide bonds. The van der Waals surface area contributed by atoms with E-state index in [2.05, 4.69) is 63.7 Å². The molecule has 19 heavy (non-hydrogen) atoms. The van der Waals surface area contributed by atoms with Gasteiger partial charge in [0.25, 0.3) is 0 Å². The molecule has 0 spiro atoms. The van der Waals surface area contributed by atoms with Crippen LogP contribution in [0.2, 0.25) is 0 Å². The summed E-state index contributed by atoms with van der Waals surface area (Å²) in [5, 5.41) is 8.88. The molecule has 0 radical (unpaired) electrons. The molecule has 2 unspecified atom stereocenters. The van der Waals surface area contributed by atoms with Gasteiger partial charge < -0.3 is 5.32 Å². The molecule has 1 aromatic heterocycles. The number of halogens is 1. The zero-order chi connectivity index (χ0) is 13.8. The first-order valence-corrected chi connectivity index (χ1v) is 9.73. The zero-order valence-corrected chi connectivity index (χ0v) is 15.0. The summed E-state index contributed by atoms with van der Waals surface area (Å²) in [7, 11) is 2.04. The van der Waals surface area contributed by atoms with Crippen molar-refractivity contribution >= 4 is 39.5 Å². The highest BCUT2D eigenvalue weighted by molar-refractivity contribution is 9.10. The van der Waals surface area contributed by atoms with E-state index >= 15 is 0 Å². The fraction of sp³-hybridized carbons (Fsp3) is 0.769. The maximum atomic E-state index is 4.50. The van der Waals surface area contributed by atoms with Crippen LogP contribution >= 0.6 is 39.5 Å². The van der Waals surface area contributed by atoms with Crippen molar-refractivity contribution in [2.24, 2.45) is 7.05 Å². The number of likely N-dealkylation sites (N-methyl/N-ethyl adjacent to an activating group) is 1. The molecule has 2 heterocycles. The lowest BCUT2D eigenvalue weighted by Gasteiger charge is -2.30. The maximum Gasteiger partial charge on any atom is 0.0738 e. The summed E-state index contributed by atoms with van der Waals surface area (Å²) < 4.78 is 3.19. The Morgan fingerprint density at radius 3 is 2.84 bits per heavy atom. The van der Waals surface area contributed by atoms with Crippen LogP contribution in [0.15, 0.2) is 4.47 Å². The highest BCUT2D eigenvalue weighted by Gasteiger charge is 2.26. The predicted molar refractivity (Wildman–Crippen MR) is 90.4 cm³/mol. The van der Waals surface area contributed by atoms with Gasteiger partial charge >= 0.3 is 0 Å². The molecule has 108 valence electrons. The Morgan fingerprint density at radius 2 is 2.32 bits per heavy atom. The van der Waals surface area contributed by atoms with Crippen LogP contribution in [0.4, 0.5) is 0 Å². The van der Waals surface area contributed by atoms with E-state index in [1.807, 2.05) is 11.7 Å². The highest BCUT2D eigenvalue weighted by Crippen LogP contribution is 2.29. The molecule has 0 aromatic carbocycles. The third kappa shape index (κ3) is 3.93. The van der Waals surface area contributed by atoms with Gasteiger partial charge in [-0.3, -0.25) is 4.68 Å². The molecular formula is C13H22BrN3S2. The summed E-state index contributed by atoms with van der Waals surface area (Å²) >= 11 is 7.89. The fourth-order valence-corrected chi connectivity index (χ4v) is 5.83. The standard InChI is InChI=1S/C13H22BrN3S2/c1-4-15-10(12-8-18-5-6-19-12)7-11-13(14)9(2)16-17(11)3/h10,12,15H,4-8H2,1-3H3. The van der Waals surface area contributed by atoms with Crippen molar-refractivity contribution in [2.75, 3.05) is 23.8 Å². The van der Waals surface area contributed by atoms with E-state index in [-0.39, 0.29) is 0 Å². The van der Waals surface area contributed by atoms with E-state index in [0.29, 0.717) is 11.3 Å². The minimum Gasteiger partial charge on any atom is -0.313 e. The Kier molecular flexibility index (Phi) is 6.11. The van der Waals surface area contributed by atoms with Crippen LogP contribution in [0, 0.1) is 6.92 Å². The van der Waals surface area contributed by atoms with E-state index < -0.39 is 0 Å². The van der Waals surface area contributed by atoms with Crippen molar-refractivity contribution in [1.82, 2.24) is 15.1 Å². The summed E-state index contributed by atoms with van der Waals surface area (Å²) in [5.41, 5.74) is 2.39. The molecule has 1 N–H and O–H groups in total. The van der Waals surface area contributed by atoms with Crippen LogP contribution in [0.1, 0.15) is 18.3 Å². The Balaban J connectivity index is 2.11. The average Bonchev–Trinajstić information content (AvgIpc) is 2.65. The van der Waals surface area contributed by atoms with Gasteiger partial charge in [0.2, 0.25) is 0 Å². The monoisotopic (exact) mass is 363 g/mol. The van der Waals surface area contributed by atoms with Crippen LogP contribution < -0.4 is 5.32 Å². The molecule has 1 saturated heterocycles. The molecule has 0 aliphatic carbocycles. The number of rotatable bonds is 5. The van der Waals surface area contributed by atoms with Gasteiger partial charge in [-0.1, -0.05) is 6.92 Å². The third-order valence-corrected chi connectivity index (χ3v) is 7.38. The smallest absolute Gasteiger partial charge is 0.0738 e. The minimum atomic E-state index is 0.536. The first-order valence-electron chi connectivity index (χ1n) is 6.74. The number of aromatic nitrogens is 2. The normalized spacial score (nSPS) is 21.6. The number of aryl methyl sites for hydroxylation is 2. The Labute approximate surface area is 132 Å². The lowest BCUT2D eigenvalue weighted by molar-refractivity contribution is 0.505. The van der Waals surface area contributed by atoms with E-state index in [1.165, 1.54) is 27.4 Å². The first kappa shape index (κ1) is 15.7. The second kappa shape index (κ2) is 7.38. The number of hydrogen-bond donors (Lipinski definition) is 1. The Hall–Kier alpha value is 0.350. The first-order chi connectivity index (χ1) is 9.13. The van der Waals surface area contributed by atoms with Gasteiger partial charge in [-0.25, -0.2) is 0 Å². The molecular weight excluding hydrogens is 342 g/mol. The summed E-state index contributed by atoms with van der Waals surface area (Å²) in [6.45, 7) is 5.28.